The Hall–Kier alpha value is -0.270. The van der Waals surface area contributed by atoms with Gasteiger partial charge in [0.15, 0.2) is 0 Å². The van der Waals surface area contributed by atoms with Gasteiger partial charge in [0.2, 0.25) is 10.0 Å². The highest BCUT2D eigenvalue weighted by Gasteiger charge is 2.32. The fraction of sp³-hybridized carbons (Fsp3) is 0.900. The summed E-state index contributed by atoms with van der Waals surface area (Å²) in [5.41, 5.74) is 0. The Morgan fingerprint density at radius 1 is 1.47 bits per heavy atom. The van der Waals surface area contributed by atoms with Crippen molar-refractivity contribution in [2.45, 2.75) is 43.4 Å². The zero-order valence-electron chi connectivity index (χ0n) is 9.89. The predicted molar refractivity (Wildman–Crippen MR) is 68.7 cm³/mol. The Bertz CT molecular complexity index is 349. The Morgan fingerprint density at radius 3 is 2.53 bits per heavy atom. The van der Waals surface area contributed by atoms with E-state index in [4.69, 9.17) is 5.11 Å². The fourth-order valence-corrected chi connectivity index (χ4v) is 4.19. The van der Waals surface area contributed by atoms with Crippen molar-refractivity contribution in [3.63, 3.8) is 0 Å². The molecule has 0 aliphatic heterocycles. The third kappa shape index (κ3) is 4.48. The highest BCUT2D eigenvalue weighted by molar-refractivity contribution is 7.98. The van der Waals surface area contributed by atoms with Crippen LogP contribution in [-0.4, -0.2) is 42.8 Å². The lowest BCUT2D eigenvalue weighted by Crippen LogP contribution is -2.44. The van der Waals surface area contributed by atoms with Crippen LogP contribution in [0.3, 0.4) is 0 Å². The van der Waals surface area contributed by atoms with Gasteiger partial charge in [-0.3, -0.25) is 4.79 Å². The molecule has 0 aromatic carbocycles. The highest BCUT2D eigenvalue weighted by atomic mass is 32.2. The zero-order valence-corrected chi connectivity index (χ0v) is 11.5. The zero-order chi connectivity index (χ0) is 12.9. The SMILES string of the molecule is CSCCC(NS(=O)(=O)C1CCCC1)C(=O)O. The normalized spacial score (nSPS) is 19.4. The summed E-state index contributed by atoms with van der Waals surface area (Å²) in [6, 6.07) is -0.993. The second-order valence-electron chi connectivity index (χ2n) is 4.24. The molecule has 1 aliphatic carbocycles. The molecule has 17 heavy (non-hydrogen) atoms. The van der Waals surface area contributed by atoms with E-state index in [2.05, 4.69) is 4.72 Å². The molecule has 1 saturated carbocycles. The van der Waals surface area contributed by atoms with Gasteiger partial charge in [-0.2, -0.15) is 11.8 Å². The molecule has 1 aliphatic rings. The van der Waals surface area contributed by atoms with Gasteiger partial charge in [-0.05, 0) is 31.3 Å². The number of carboxylic acids is 1. The molecule has 7 heteroatoms. The van der Waals surface area contributed by atoms with Gasteiger partial charge in [-0.1, -0.05) is 12.8 Å². The first-order chi connectivity index (χ1) is 7.97. The number of nitrogens with one attached hydrogen (secondary N) is 1. The monoisotopic (exact) mass is 281 g/mol. The first-order valence-electron chi connectivity index (χ1n) is 5.70. The van der Waals surface area contributed by atoms with E-state index in [-0.39, 0.29) is 0 Å². The molecule has 100 valence electrons. The number of carboxylic acid groups (broad SMARTS) is 1. The molecule has 0 radical (unpaired) electrons. The number of hydrogen-bond donors (Lipinski definition) is 2. The van der Waals surface area contributed by atoms with Gasteiger partial charge in [0, 0.05) is 0 Å². The molecule has 1 rings (SSSR count). The van der Waals surface area contributed by atoms with E-state index >= 15 is 0 Å². The largest absolute Gasteiger partial charge is 0.480 e. The molecule has 0 bridgehead atoms. The summed E-state index contributed by atoms with van der Waals surface area (Å²) in [7, 11) is -3.47. The topological polar surface area (TPSA) is 83.5 Å². The molecular weight excluding hydrogens is 262 g/mol. The smallest absolute Gasteiger partial charge is 0.321 e. The van der Waals surface area contributed by atoms with Crippen LogP contribution >= 0.6 is 11.8 Å². The quantitative estimate of drug-likeness (QED) is 0.729. The van der Waals surface area contributed by atoms with Crippen molar-refractivity contribution in [1.82, 2.24) is 4.72 Å². The van der Waals surface area contributed by atoms with E-state index in [0.717, 1.165) is 12.8 Å². The van der Waals surface area contributed by atoms with Crippen LogP contribution in [0, 0.1) is 0 Å². The van der Waals surface area contributed by atoms with Crippen molar-refractivity contribution in [2.75, 3.05) is 12.0 Å². The number of rotatable bonds is 7. The number of hydrogen-bond acceptors (Lipinski definition) is 4. The lowest BCUT2D eigenvalue weighted by atomic mass is 10.2. The molecule has 5 nitrogen and oxygen atoms in total. The Kier molecular flexibility index (Phi) is 5.75. The number of aliphatic carboxylic acids is 1. The average Bonchev–Trinajstić information content (AvgIpc) is 2.77. The Morgan fingerprint density at radius 2 is 2.06 bits per heavy atom. The van der Waals surface area contributed by atoms with Crippen LogP contribution in [0.15, 0.2) is 0 Å². The van der Waals surface area contributed by atoms with Crippen molar-refractivity contribution in [2.24, 2.45) is 0 Å². The molecule has 0 amide bonds. The molecule has 0 aromatic heterocycles. The number of carbonyl (C=O) groups is 1. The van der Waals surface area contributed by atoms with Gasteiger partial charge < -0.3 is 5.11 Å². The third-order valence-corrected chi connectivity index (χ3v) is 5.56. The molecule has 0 aromatic rings. The fourth-order valence-electron chi connectivity index (χ4n) is 1.96. The summed E-state index contributed by atoms with van der Waals surface area (Å²) in [6.45, 7) is 0. The van der Waals surface area contributed by atoms with Crippen LogP contribution < -0.4 is 4.72 Å². The molecule has 0 heterocycles. The third-order valence-electron chi connectivity index (χ3n) is 2.96. The van der Waals surface area contributed by atoms with Gasteiger partial charge in [0.25, 0.3) is 0 Å². The van der Waals surface area contributed by atoms with Crippen molar-refractivity contribution in [1.29, 1.82) is 0 Å². The minimum Gasteiger partial charge on any atom is -0.480 e. The lowest BCUT2D eigenvalue weighted by Gasteiger charge is -2.17. The van der Waals surface area contributed by atoms with Crippen molar-refractivity contribution in [3.05, 3.63) is 0 Å². The van der Waals surface area contributed by atoms with Gasteiger partial charge in [0.1, 0.15) is 6.04 Å². The summed E-state index contributed by atoms with van der Waals surface area (Å²) >= 11 is 1.51. The van der Waals surface area contributed by atoms with Crippen LogP contribution in [0.5, 0.6) is 0 Å². The Balaban J connectivity index is 2.61. The van der Waals surface area contributed by atoms with Crippen LogP contribution in [0.2, 0.25) is 0 Å². The van der Waals surface area contributed by atoms with Crippen LogP contribution in [0.25, 0.3) is 0 Å². The van der Waals surface area contributed by atoms with E-state index < -0.39 is 27.3 Å². The summed E-state index contributed by atoms with van der Waals surface area (Å²) in [4.78, 5) is 11.0. The van der Waals surface area contributed by atoms with E-state index in [0.29, 0.717) is 25.0 Å². The standard InChI is InChI=1S/C10H19NO4S2/c1-16-7-6-9(10(12)13)11-17(14,15)8-4-2-3-5-8/h8-9,11H,2-7H2,1H3,(H,12,13). The molecular formula is C10H19NO4S2. The Labute approximate surface area is 106 Å². The molecule has 0 spiro atoms. The second-order valence-corrected chi connectivity index (χ2v) is 7.22. The van der Waals surface area contributed by atoms with E-state index in [9.17, 15) is 13.2 Å². The molecule has 0 saturated heterocycles. The maximum absolute atomic E-state index is 11.9. The van der Waals surface area contributed by atoms with Crippen molar-refractivity contribution >= 4 is 27.8 Å². The molecule has 2 N–H and O–H groups in total. The minimum atomic E-state index is -3.47. The van der Waals surface area contributed by atoms with E-state index in [1.165, 1.54) is 11.8 Å². The van der Waals surface area contributed by atoms with Gasteiger partial charge >= 0.3 is 5.97 Å². The summed E-state index contributed by atoms with van der Waals surface area (Å²) < 4.78 is 26.2. The minimum absolute atomic E-state index is 0.322. The number of sulfonamides is 1. The predicted octanol–water partition coefficient (Wildman–Crippen LogP) is 1.05. The van der Waals surface area contributed by atoms with Crippen molar-refractivity contribution in [3.8, 4) is 0 Å². The lowest BCUT2D eigenvalue weighted by molar-refractivity contribution is -0.139. The maximum atomic E-state index is 11.9. The molecule has 1 fully saturated rings. The van der Waals surface area contributed by atoms with Crippen LogP contribution in [0.4, 0.5) is 0 Å². The first-order valence-corrected chi connectivity index (χ1v) is 8.64. The van der Waals surface area contributed by atoms with Gasteiger partial charge in [-0.15, -0.1) is 0 Å². The van der Waals surface area contributed by atoms with Crippen LogP contribution in [0.1, 0.15) is 32.1 Å². The van der Waals surface area contributed by atoms with E-state index in [1.807, 2.05) is 6.26 Å². The number of thioether (sulfide) groups is 1. The average molecular weight is 281 g/mol. The second kappa shape index (κ2) is 6.61. The summed E-state index contributed by atoms with van der Waals surface area (Å²) in [5.74, 6) is -0.468. The highest BCUT2D eigenvalue weighted by Crippen LogP contribution is 2.24. The van der Waals surface area contributed by atoms with E-state index in [1.54, 1.807) is 0 Å². The maximum Gasteiger partial charge on any atom is 0.321 e. The molecule has 1 atom stereocenters. The van der Waals surface area contributed by atoms with Crippen molar-refractivity contribution < 1.29 is 18.3 Å². The molecule has 1 unspecified atom stereocenters. The summed E-state index contributed by atoms with van der Waals surface area (Å²) in [6.07, 6.45) is 5.30. The first kappa shape index (κ1) is 14.8. The van der Waals surface area contributed by atoms with Crippen LogP contribution in [-0.2, 0) is 14.8 Å². The van der Waals surface area contributed by atoms with Gasteiger partial charge in [0.05, 0.1) is 5.25 Å². The summed E-state index contributed by atoms with van der Waals surface area (Å²) in [5, 5.41) is 8.57. The van der Waals surface area contributed by atoms with Gasteiger partial charge in [-0.25, -0.2) is 13.1 Å².